The Morgan fingerprint density at radius 3 is 2.35 bits per heavy atom. The van der Waals surface area contributed by atoms with Crippen molar-refractivity contribution in [3.05, 3.63) is 71.3 Å². The van der Waals surface area contributed by atoms with Gasteiger partial charge in [0, 0.05) is 12.8 Å². The molecular formula is C20H24O3. The Morgan fingerprint density at radius 1 is 1.00 bits per heavy atom. The molecule has 1 atom stereocenters. The van der Waals surface area contributed by atoms with E-state index in [9.17, 15) is 9.90 Å². The van der Waals surface area contributed by atoms with Crippen LogP contribution >= 0.6 is 0 Å². The highest BCUT2D eigenvalue weighted by Gasteiger charge is 2.08. The second-order valence-corrected chi connectivity index (χ2v) is 5.73. The summed E-state index contributed by atoms with van der Waals surface area (Å²) in [7, 11) is 1.42. The van der Waals surface area contributed by atoms with Gasteiger partial charge >= 0.3 is 5.97 Å². The van der Waals surface area contributed by atoms with Gasteiger partial charge in [-0.2, -0.15) is 0 Å². The second kappa shape index (κ2) is 9.11. The summed E-state index contributed by atoms with van der Waals surface area (Å²) in [5.74, 6) is -0.149. The number of aryl methyl sites for hydroxylation is 1. The first-order chi connectivity index (χ1) is 11.2. The van der Waals surface area contributed by atoms with Crippen LogP contribution in [0, 0.1) is 0 Å². The highest BCUT2D eigenvalue weighted by molar-refractivity contribution is 5.68. The molecule has 0 aliphatic rings. The second-order valence-electron chi connectivity index (χ2n) is 5.73. The third-order valence-electron chi connectivity index (χ3n) is 3.96. The monoisotopic (exact) mass is 312 g/mol. The van der Waals surface area contributed by atoms with Crippen molar-refractivity contribution in [1.82, 2.24) is 0 Å². The van der Waals surface area contributed by atoms with Crippen LogP contribution < -0.4 is 0 Å². The Bertz CT molecular complexity index is 590. The maximum Gasteiger partial charge on any atom is 0.305 e. The number of aliphatic hydroxyl groups is 1. The van der Waals surface area contributed by atoms with Crippen LogP contribution in [0.4, 0.5) is 0 Å². The topological polar surface area (TPSA) is 46.5 Å². The third kappa shape index (κ3) is 5.87. The van der Waals surface area contributed by atoms with Gasteiger partial charge < -0.3 is 9.84 Å². The third-order valence-corrected chi connectivity index (χ3v) is 3.96. The van der Waals surface area contributed by atoms with Crippen LogP contribution in [0.2, 0.25) is 0 Å². The van der Waals surface area contributed by atoms with Crippen molar-refractivity contribution in [2.75, 3.05) is 7.11 Å². The average molecular weight is 312 g/mol. The SMILES string of the molecule is COC(=O)CCCCc1ccc(C(O)Cc2ccccc2)cc1. The molecule has 0 spiro atoms. The van der Waals surface area contributed by atoms with E-state index in [1.54, 1.807) is 0 Å². The molecule has 0 aromatic heterocycles. The zero-order chi connectivity index (χ0) is 16.5. The van der Waals surface area contributed by atoms with Crippen LogP contribution in [0.25, 0.3) is 0 Å². The summed E-state index contributed by atoms with van der Waals surface area (Å²) in [6, 6.07) is 18.1. The van der Waals surface area contributed by atoms with Gasteiger partial charge in [-0.05, 0) is 36.0 Å². The number of aliphatic hydroxyl groups excluding tert-OH is 1. The molecule has 2 aromatic carbocycles. The fraction of sp³-hybridized carbons (Fsp3) is 0.350. The van der Waals surface area contributed by atoms with E-state index in [2.05, 4.69) is 16.9 Å². The van der Waals surface area contributed by atoms with Crippen LogP contribution in [0.3, 0.4) is 0 Å². The maximum atomic E-state index is 11.0. The standard InChI is InChI=1S/C20H24O3/c1-23-20(22)10-6-5-7-16-11-13-18(14-12-16)19(21)15-17-8-3-2-4-9-17/h2-4,8-9,11-14,19,21H,5-7,10,15H2,1H3. The molecule has 0 radical (unpaired) electrons. The molecule has 122 valence electrons. The quantitative estimate of drug-likeness (QED) is 0.595. The summed E-state index contributed by atoms with van der Waals surface area (Å²) in [6.07, 6.45) is 3.35. The summed E-state index contributed by atoms with van der Waals surface area (Å²) in [4.78, 5) is 11.0. The number of hydrogen-bond donors (Lipinski definition) is 1. The van der Waals surface area contributed by atoms with E-state index in [0.29, 0.717) is 12.8 Å². The largest absolute Gasteiger partial charge is 0.469 e. The lowest BCUT2D eigenvalue weighted by Gasteiger charge is -2.12. The van der Waals surface area contributed by atoms with Crippen LogP contribution in [0.5, 0.6) is 0 Å². The van der Waals surface area contributed by atoms with Crippen molar-refractivity contribution in [2.24, 2.45) is 0 Å². The molecule has 0 amide bonds. The zero-order valence-corrected chi connectivity index (χ0v) is 13.6. The minimum atomic E-state index is -0.481. The number of hydrogen-bond acceptors (Lipinski definition) is 3. The highest BCUT2D eigenvalue weighted by atomic mass is 16.5. The van der Waals surface area contributed by atoms with Gasteiger partial charge in [0.05, 0.1) is 13.2 Å². The number of carbonyl (C=O) groups is 1. The van der Waals surface area contributed by atoms with Crippen molar-refractivity contribution in [3.63, 3.8) is 0 Å². The van der Waals surface area contributed by atoms with Crippen LogP contribution in [0.1, 0.15) is 42.1 Å². The Hall–Kier alpha value is -2.13. The van der Waals surface area contributed by atoms with Crippen molar-refractivity contribution in [1.29, 1.82) is 0 Å². The lowest BCUT2D eigenvalue weighted by atomic mass is 9.99. The molecule has 2 rings (SSSR count). The first-order valence-corrected chi connectivity index (χ1v) is 8.06. The summed E-state index contributed by atoms with van der Waals surface area (Å²) in [5, 5.41) is 10.3. The van der Waals surface area contributed by atoms with E-state index in [1.807, 2.05) is 42.5 Å². The van der Waals surface area contributed by atoms with Crippen LogP contribution in [0.15, 0.2) is 54.6 Å². The zero-order valence-electron chi connectivity index (χ0n) is 13.6. The van der Waals surface area contributed by atoms with Gasteiger partial charge in [-0.1, -0.05) is 54.6 Å². The predicted molar refractivity (Wildman–Crippen MR) is 91.1 cm³/mol. The number of benzene rings is 2. The van der Waals surface area contributed by atoms with E-state index in [4.69, 9.17) is 0 Å². The molecular weight excluding hydrogens is 288 g/mol. The molecule has 0 bridgehead atoms. The number of methoxy groups -OCH3 is 1. The van der Waals surface area contributed by atoms with Gasteiger partial charge in [-0.3, -0.25) is 4.79 Å². The van der Waals surface area contributed by atoms with Gasteiger partial charge in [-0.25, -0.2) is 0 Å². The number of unbranched alkanes of at least 4 members (excludes halogenated alkanes) is 1. The molecule has 1 unspecified atom stereocenters. The summed E-state index contributed by atoms with van der Waals surface area (Å²) >= 11 is 0. The fourth-order valence-corrected chi connectivity index (χ4v) is 2.56. The van der Waals surface area contributed by atoms with Crippen molar-refractivity contribution < 1.29 is 14.6 Å². The Balaban J connectivity index is 1.80. The molecule has 0 aliphatic carbocycles. The number of carbonyl (C=O) groups excluding carboxylic acids is 1. The van der Waals surface area contributed by atoms with E-state index in [0.717, 1.165) is 30.4 Å². The smallest absolute Gasteiger partial charge is 0.305 e. The summed E-state index contributed by atoms with van der Waals surface area (Å²) in [6.45, 7) is 0. The van der Waals surface area contributed by atoms with E-state index in [1.165, 1.54) is 12.7 Å². The Morgan fingerprint density at radius 2 is 1.70 bits per heavy atom. The minimum Gasteiger partial charge on any atom is -0.469 e. The lowest BCUT2D eigenvalue weighted by molar-refractivity contribution is -0.140. The molecule has 3 heteroatoms. The molecule has 0 fully saturated rings. The van der Waals surface area contributed by atoms with Crippen LogP contribution in [-0.2, 0) is 22.4 Å². The lowest BCUT2D eigenvalue weighted by Crippen LogP contribution is -2.02. The van der Waals surface area contributed by atoms with Gasteiger partial charge in [0.25, 0.3) is 0 Å². The molecule has 2 aromatic rings. The fourth-order valence-electron chi connectivity index (χ4n) is 2.56. The molecule has 1 N–H and O–H groups in total. The van der Waals surface area contributed by atoms with Gasteiger partial charge in [0.1, 0.15) is 0 Å². The van der Waals surface area contributed by atoms with Gasteiger partial charge in [-0.15, -0.1) is 0 Å². The normalized spacial score (nSPS) is 11.9. The van der Waals surface area contributed by atoms with E-state index in [-0.39, 0.29) is 5.97 Å². The predicted octanol–water partition coefficient (Wildman–Crippen LogP) is 3.85. The van der Waals surface area contributed by atoms with Gasteiger partial charge in [0.15, 0.2) is 0 Å². The number of esters is 1. The maximum absolute atomic E-state index is 11.0. The Kier molecular flexibility index (Phi) is 6.82. The first kappa shape index (κ1) is 17.2. The molecule has 0 saturated carbocycles. The molecule has 23 heavy (non-hydrogen) atoms. The van der Waals surface area contributed by atoms with Crippen molar-refractivity contribution in [3.8, 4) is 0 Å². The minimum absolute atomic E-state index is 0.149. The number of rotatable bonds is 8. The first-order valence-electron chi connectivity index (χ1n) is 8.06. The molecule has 0 heterocycles. The van der Waals surface area contributed by atoms with Crippen LogP contribution in [-0.4, -0.2) is 18.2 Å². The van der Waals surface area contributed by atoms with E-state index < -0.39 is 6.10 Å². The highest BCUT2D eigenvalue weighted by Crippen LogP contribution is 2.19. The molecule has 0 aliphatic heterocycles. The van der Waals surface area contributed by atoms with Gasteiger partial charge in [0.2, 0.25) is 0 Å². The molecule has 3 nitrogen and oxygen atoms in total. The molecule has 0 saturated heterocycles. The van der Waals surface area contributed by atoms with Crippen molar-refractivity contribution in [2.45, 2.75) is 38.2 Å². The average Bonchev–Trinajstić information content (AvgIpc) is 2.60. The number of ether oxygens (including phenoxy) is 1. The van der Waals surface area contributed by atoms with Crippen molar-refractivity contribution >= 4 is 5.97 Å². The summed E-state index contributed by atoms with van der Waals surface area (Å²) in [5.41, 5.74) is 3.30. The Labute approximate surface area is 137 Å². The van der Waals surface area contributed by atoms with E-state index >= 15 is 0 Å². The summed E-state index contributed by atoms with van der Waals surface area (Å²) < 4.78 is 4.63.